The molecule has 0 aromatic carbocycles. The van der Waals surface area contributed by atoms with E-state index in [0.717, 1.165) is 32.5 Å². The molecule has 0 saturated carbocycles. The second kappa shape index (κ2) is 20.6. The lowest BCUT2D eigenvalue weighted by Gasteiger charge is -2.03. The summed E-state index contributed by atoms with van der Waals surface area (Å²) in [5, 5.41) is 0. The van der Waals surface area contributed by atoms with Gasteiger partial charge in [0.25, 0.3) is 0 Å². The SMILES string of the molecule is C=C.C=CCOS(=O)(=O)OCCCCC.CCOCC. The Labute approximate surface area is 124 Å². The van der Waals surface area contributed by atoms with Crippen molar-refractivity contribution in [1.82, 2.24) is 0 Å². The molecule has 0 aliphatic carbocycles. The predicted molar refractivity (Wildman–Crippen MR) is 84.0 cm³/mol. The highest BCUT2D eigenvalue weighted by atomic mass is 32.3. The summed E-state index contributed by atoms with van der Waals surface area (Å²) < 4.78 is 35.5. The summed E-state index contributed by atoms with van der Waals surface area (Å²) in [4.78, 5) is 0. The van der Waals surface area contributed by atoms with Gasteiger partial charge in [0.1, 0.15) is 0 Å². The highest BCUT2D eigenvalue weighted by molar-refractivity contribution is 7.81. The first kappa shape index (κ1) is 24.3. The first-order chi connectivity index (χ1) is 9.54. The second-order valence-electron chi connectivity index (χ2n) is 3.29. The van der Waals surface area contributed by atoms with Crippen LogP contribution in [-0.2, 0) is 23.5 Å². The van der Waals surface area contributed by atoms with Crippen LogP contribution < -0.4 is 0 Å². The standard InChI is InChI=1S/C8H16O4S.C4H10O.C2H4/c1-3-5-6-8-12-13(9,10)11-7-4-2;1-3-5-4-2;1-2/h4H,2-3,5-8H2,1H3;3-4H2,1-2H3;1-2H2. The van der Waals surface area contributed by atoms with E-state index in [1.54, 1.807) is 0 Å². The van der Waals surface area contributed by atoms with Crippen LogP contribution >= 0.6 is 0 Å². The zero-order valence-electron chi connectivity index (χ0n) is 13.1. The second-order valence-corrected chi connectivity index (χ2v) is 4.58. The van der Waals surface area contributed by atoms with Crippen molar-refractivity contribution in [3.8, 4) is 0 Å². The van der Waals surface area contributed by atoms with Crippen LogP contribution in [0.25, 0.3) is 0 Å². The quantitative estimate of drug-likeness (QED) is 0.456. The van der Waals surface area contributed by atoms with Crippen LogP contribution in [0.4, 0.5) is 0 Å². The minimum absolute atomic E-state index is 0.0455. The smallest absolute Gasteiger partial charge is 0.382 e. The molecule has 0 aliphatic rings. The lowest BCUT2D eigenvalue weighted by Crippen LogP contribution is -2.11. The van der Waals surface area contributed by atoms with E-state index in [2.05, 4.69) is 28.1 Å². The first-order valence-corrected chi connectivity index (χ1v) is 8.09. The Balaban J connectivity index is -0.000000346. The molecule has 0 amide bonds. The fourth-order valence-electron chi connectivity index (χ4n) is 0.883. The monoisotopic (exact) mass is 310 g/mol. The fraction of sp³-hybridized carbons (Fsp3) is 0.714. The molecular formula is C14H30O5S. The van der Waals surface area contributed by atoms with Gasteiger partial charge in [-0.25, -0.2) is 8.37 Å². The molecule has 6 heteroatoms. The topological polar surface area (TPSA) is 61.8 Å². The molecule has 0 atom stereocenters. The van der Waals surface area contributed by atoms with Crippen molar-refractivity contribution in [1.29, 1.82) is 0 Å². The van der Waals surface area contributed by atoms with Crippen LogP contribution in [0.15, 0.2) is 25.8 Å². The van der Waals surface area contributed by atoms with Crippen LogP contribution in [0.1, 0.15) is 40.0 Å². The molecule has 0 radical (unpaired) electrons. The van der Waals surface area contributed by atoms with Crippen LogP contribution in [0.5, 0.6) is 0 Å². The normalized spacial score (nSPS) is 9.75. The third-order valence-electron chi connectivity index (χ3n) is 1.71. The van der Waals surface area contributed by atoms with Gasteiger partial charge < -0.3 is 4.74 Å². The van der Waals surface area contributed by atoms with E-state index in [-0.39, 0.29) is 13.2 Å². The van der Waals surface area contributed by atoms with Crippen molar-refractivity contribution in [2.24, 2.45) is 0 Å². The molecule has 0 aromatic heterocycles. The summed E-state index contributed by atoms with van der Waals surface area (Å²) in [6.07, 6.45) is 4.06. The third kappa shape index (κ3) is 26.0. The predicted octanol–water partition coefficient (Wildman–Crippen LogP) is 3.49. The van der Waals surface area contributed by atoms with Gasteiger partial charge in [-0.05, 0) is 20.3 Å². The summed E-state index contributed by atoms with van der Waals surface area (Å²) >= 11 is 0. The van der Waals surface area contributed by atoms with Gasteiger partial charge in [-0.2, -0.15) is 8.42 Å². The minimum Gasteiger partial charge on any atom is -0.382 e. The van der Waals surface area contributed by atoms with Crippen molar-refractivity contribution in [2.75, 3.05) is 26.4 Å². The molecule has 0 fully saturated rings. The molecule has 0 unspecified atom stereocenters. The Hall–Kier alpha value is -0.690. The molecule has 0 saturated heterocycles. The number of ether oxygens (including phenoxy) is 1. The molecule has 122 valence electrons. The number of hydrogen-bond acceptors (Lipinski definition) is 5. The fourth-order valence-corrected chi connectivity index (χ4v) is 1.54. The Kier molecular flexibility index (Phi) is 25.1. The van der Waals surface area contributed by atoms with Crippen molar-refractivity contribution < 1.29 is 21.5 Å². The Bertz CT molecular complexity index is 273. The van der Waals surface area contributed by atoms with E-state index in [4.69, 9.17) is 4.74 Å². The molecule has 0 heterocycles. The molecule has 0 spiro atoms. The van der Waals surface area contributed by atoms with E-state index in [1.807, 2.05) is 20.8 Å². The highest BCUT2D eigenvalue weighted by Crippen LogP contribution is 2.00. The van der Waals surface area contributed by atoms with Gasteiger partial charge in [-0.1, -0.05) is 25.8 Å². The molecule has 0 aromatic rings. The van der Waals surface area contributed by atoms with Gasteiger partial charge >= 0.3 is 10.4 Å². The zero-order chi connectivity index (χ0) is 16.3. The molecule has 0 aliphatic heterocycles. The molecule has 0 bridgehead atoms. The zero-order valence-corrected chi connectivity index (χ0v) is 13.9. The van der Waals surface area contributed by atoms with Crippen LogP contribution in [0, 0.1) is 0 Å². The van der Waals surface area contributed by atoms with Crippen LogP contribution in [0.3, 0.4) is 0 Å². The molecule has 0 N–H and O–H groups in total. The van der Waals surface area contributed by atoms with E-state index in [1.165, 1.54) is 6.08 Å². The third-order valence-corrected chi connectivity index (χ3v) is 2.59. The van der Waals surface area contributed by atoms with Gasteiger partial charge in [0.2, 0.25) is 0 Å². The molecule has 0 rings (SSSR count). The molecule has 20 heavy (non-hydrogen) atoms. The summed E-state index contributed by atoms with van der Waals surface area (Å²) in [6, 6.07) is 0. The maximum atomic E-state index is 10.9. The number of rotatable bonds is 10. The summed E-state index contributed by atoms with van der Waals surface area (Å²) in [7, 11) is -3.80. The summed E-state index contributed by atoms with van der Waals surface area (Å²) in [5.41, 5.74) is 0. The lowest BCUT2D eigenvalue weighted by atomic mass is 10.3. The van der Waals surface area contributed by atoms with Gasteiger partial charge in [-0.3, -0.25) is 0 Å². The Morgan fingerprint density at radius 2 is 1.55 bits per heavy atom. The number of hydrogen-bond donors (Lipinski definition) is 0. The first-order valence-electron chi connectivity index (χ1n) is 6.76. The van der Waals surface area contributed by atoms with E-state index in [9.17, 15) is 8.42 Å². The van der Waals surface area contributed by atoms with Crippen molar-refractivity contribution in [3.63, 3.8) is 0 Å². The van der Waals surface area contributed by atoms with E-state index >= 15 is 0 Å². The van der Waals surface area contributed by atoms with Crippen LogP contribution in [-0.4, -0.2) is 34.8 Å². The van der Waals surface area contributed by atoms with Crippen molar-refractivity contribution >= 4 is 10.4 Å². The van der Waals surface area contributed by atoms with Gasteiger partial charge in [0, 0.05) is 13.2 Å². The Morgan fingerprint density at radius 1 is 1.00 bits per heavy atom. The van der Waals surface area contributed by atoms with Crippen LogP contribution in [0.2, 0.25) is 0 Å². The largest absolute Gasteiger partial charge is 0.400 e. The lowest BCUT2D eigenvalue weighted by molar-refractivity contribution is 0.162. The molecule has 5 nitrogen and oxygen atoms in total. The Morgan fingerprint density at radius 3 is 1.90 bits per heavy atom. The highest BCUT2D eigenvalue weighted by Gasteiger charge is 2.09. The van der Waals surface area contributed by atoms with Crippen molar-refractivity contribution in [2.45, 2.75) is 40.0 Å². The summed E-state index contributed by atoms with van der Waals surface area (Å²) in [6.45, 7) is 17.2. The van der Waals surface area contributed by atoms with E-state index in [0.29, 0.717) is 0 Å². The van der Waals surface area contributed by atoms with E-state index < -0.39 is 10.4 Å². The maximum absolute atomic E-state index is 10.9. The average Bonchev–Trinajstić information content (AvgIpc) is 2.45. The minimum atomic E-state index is -3.80. The van der Waals surface area contributed by atoms with Gasteiger partial charge in [-0.15, -0.1) is 19.7 Å². The summed E-state index contributed by atoms with van der Waals surface area (Å²) in [5.74, 6) is 0. The maximum Gasteiger partial charge on any atom is 0.400 e. The molecular weight excluding hydrogens is 280 g/mol. The number of unbranched alkanes of at least 4 members (excludes halogenated alkanes) is 2. The van der Waals surface area contributed by atoms with Gasteiger partial charge in [0.05, 0.1) is 13.2 Å². The average molecular weight is 310 g/mol. The van der Waals surface area contributed by atoms with Gasteiger partial charge in [0.15, 0.2) is 0 Å². The van der Waals surface area contributed by atoms with Crippen molar-refractivity contribution in [3.05, 3.63) is 25.8 Å².